The van der Waals surface area contributed by atoms with Crippen LogP contribution in [0.15, 0.2) is 59.4 Å². The van der Waals surface area contributed by atoms with Crippen LogP contribution in [-0.2, 0) is 11.2 Å². The number of fused-ring (bicyclic) bond motifs is 1. The number of H-pyrrole nitrogens is 1. The van der Waals surface area contributed by atoms with Gasteiger partial charge >= 0.3 is 0 Å². The maximum Gasteiger partial charge on any atom is 0.258 e. The summed E-state index contributed by atoms with van der Waals surface area (Å²) in [5.41, 5.74) is 1.71. The third kappa shape index (κ3) is 3.25. The van der Waals surface area contributed by atoms with Crippen LogP contribution in [0.5, 0.6) is 0 Å². The largest absolute Gasteiger partial charge is 0.336 e. The van der Waals surface area contributed by atoms with Gasteiger partial charge in [0.2, 0.25) is 5.91 Å². The first kappa shape index (κ1) is 16.5. The maximum absolute atomic E-state index is 12.8. The highest BCUT2D eigenvalue weighted by Gasteiger charge is 2.29. The van der Waals surface area contributed by atoms with Crippen LogP contribution in [0, 0.1) is 0 Å². The Bertz CT molecular complexity index is 981. The monoisotopic (exact) mass is 347 g/mol. The number of likely N-dealkylation sites (tertiary alicyclic amines) is 1. The van der Waals surface area contributed by atoms with E-state index < -0.39 is 0 Å². The van der Waals surface area contributed by atoms with Crippen molar-refractivity contribution in [3.63, 3.8) is 0 Å². The molecule has 1 aliphatic heterocycles. The molecule has 1 fully saturated rings. The minimum atomic E-state index is -0.151. The molecule has 1 aliphatic rings. The first-order chi connectivity index (χ1) is 12.7. The second kappa shape index (κ2) is 7.12. The molecule has 26 heavy (non-hydrogen) atoms. The van der Waals surface area contributed by atoms with Crippen molar-refractivity contribution < 1.29 is 4.79 Å². The van der Waals surface area contributed by atoms with Crippen LogP contribution in [0.4, 0.5) is 0 Å². The minimum Gasteiger partial charge on any atom is -0.336 e. The average molecular weight is 347 g/mol. The number of aryl methyl sites for hydroxylation is 1. The van der Waals surface area contributed by atoms with E-state index in [2.05, 4.69) is 22.1 Å². The molecule has 1 aromatic heterocycles. The van der Waals surface area contributed by atoms with Crippen LogP contribution in [0.1, 0.15) is 36.7 Å². The van der Waals surface area contributed by atoms with Crippen molar-refractivity contribution in [1.29, 1.82) is 0 Å². The van der Waals surface area contributed by atoms with Gasteiger partial charge in [-0.1, -0.05) is 42.5 Å². The predicted octanol–water partition coefficient (Wildman–Crippen LogP) is 3.22. The third-order valence-electron chi connectivity index (χ3n) is 5.00. The third-order valence-corrected chi connectivity index (χ3v) is 5.00. The van der Waals surface area contributed by atoms with Crippen LogP contribution in [0.2, 0.25) is 0 Å². The van der Waals surface area contributed by atoms with Crippen molar-refractivity contribution in [2.45, 2.75) is 31.7 Å². The molecule has 0 saturated carbocycles. The van der Waals surface area contributed by atoms with E-state index in [1.54, 1.807) is 6.07 Å². The maximum atomic E-state index is 12.8. The van der Waals surface area contributed by atoms with E-state index in [0.717, 1.165) is 19.4 Å². The zero-order valence-electron chi connectivity index (χ0n) is 14.5. The quantitative estimate of drug-likeness (QED) is 0.788. The van der Waals surface area contributed by atoms with Crippen molar-refractivity contribution in [2.75, 3.05) is 6.54 Å². The standard InChI is InChI=1S/C21H21N3O2/c25-20(24-14-6-11-18(24)15-7-2-1-3-8-15)13-12-19-22-17-10-5-4-9-16(17)21(26)23-19/h1-5,7-10,18H,6,11-14H2,(H,22,23,26)/t18-/m0/s1. The fourth-order valence-corrected chi connectivity index (χ4v) is 3.71. The van der Waals surface area contributed by atoms with Gasteiger partial charge in [0.1, 0.15) is 5.82 Å². The van der Waals surface area contributed by atoms with Crippen molar-refractivity contribution in [3.8, 4) is 0 Å². The summed E-state index contributed by atoms with van der Waals surface area (Å²) < 4.78 is 0. The number of hydrogen-bond donors (Lipinski definition) is 1. The zero-order valence-corrected chi connectivity index (χ0v) is 14.5. The van der Waals surface area contributed by atoms with E-state index in [0.29, 0.717) is 29.6 Å². The molecule has 4 rings (SSSR count). The molecule has 0 aliphatic carbocycles. The summed E-state index contributed by atoms with van der Waals surface area (Å²) in [5.74, 6) is 0.685. The van der Waals surface area contributed by atoms with Gasteiger partial charge in [-0.3, -0.25) is 9.59 Å². The lowest BCUT2D eigenvalue weighted by Crippen LogP contribution is -2.31. The van der Waals surface area contributed by atoms with E-state index >= 15 is 0 Å². The number of aromatic nitrogens is 2. The average Bonchev–Trinajstić information content (AvgIpc) is 3.17. The molecule has 1 atom stereocenters. The Morgan fingerprint density at radius 2 is 1.88 bits per heavy atom. The first-order valence-corrected chi connectivity index (χ1v) is 9.05. The molecule has 0 bridgehead atoms. The predicted molar refractivity (Wildman–Crippen MR) is 101 cm³/mol. The molecule has 0 spiro atoms. The normalized spacial score (nSPS) is 16.9. The summed E-state index contributed by atoms with van der Waals surface area (Å²) >= 11 is 0. The number of carbonyl (C=O) groups is 1. The number of carbonyl (C=O) groups excluding carboxylic acids is 1. The van der Waals surface area contributed by atoms with Crippen LogP contribution in [-0.4, -0.2) is 27.3 Å². The number of benzene rings is 2. The van der Waals surface area contributed by atoms with Gasteiger partial charge < -0.3 is 9.88 Å². The van der Waals surface area contributed by atoms with Crippen LogP contribution in [0.25, 0.3) is 10.9 Å². The Hall–Kier alpha value is -2.95. The van der Waals surface area contributed by atoms with E-state index in [1.807, 2.05) is 41.3 Å². The summed E-state index contributed by atoms with van der Waals surface area (Å²) in [6, 6.07) is 17.6. The van der Waals surface area contributed by atoms with Crippen LogP contribution >= 0.6 is 0 Å². The molecule has 1 saturated heterocycles. The Balaban J connectivity index is 1.48. The first-order valence-electron chi connectivity index (χ1n) is 9.05. The summed E-state index contributed by atoms with van der Waals surface area (Å²) in [6.07, 6.45) is 2.82. The molecular weight excluding hydrogens is 326 g/mol. The number of amides is 1. The number of nitrogens with zero attached hydrogens (tertiary/aromatic N) is 2. The van der Waals surface area contributed by atoms with Crippen molar-refractivity contribution in [3.05, 3.63) is 76.3 Å². The van der Waals surface area contributed by atoms with Gasteiger partial charge in [-0.25, -0.2) is 4.98 Å². The van der Waals surface area contributed by atoms with Gasteiger partial charge in [-0.05, 0) is 30.5 Å². The highest BCUT2D eigenvalue weighted by atomic mass is 16.2. The topological polar surface area (TPSA) is 66.1 Å². The smallest absolute Gasteiger partial charge is 0.258 e. The Morgan fingerprint density at radius 1 is 1.12 bits per heavy atom. The van der Waals surface area contributed by atoms with Gasteiger partial charge in [0.05, 0.1) is 16.9 Å². The number of rotatable bonds is 4. The van der Waals surface area contributed by atoms with Crippen molar-refractivity contribution >= 4 is 16.8 Å². The summed E-state index contributed by atoms with van der Waals surface area (Å²) in [6.45, 7) is 0.792. The summed E-state index contributed by atoms with van der Waals surface area (Å²) in [5, 5.41) is 0.575. The zero-order chi connectivity index (χ0) is 17.9. The molecule has 5 heteroatoms. The van der Waals surface area contributed by atoms with Gasteiger partial charge in [-0.15, -0.1) is 0 Å². The highest BCUT2D eigenvalue weighted by molar-refractivity contribution is 5.78. The summed E-state index contributed by atoms with van der Waals surface area (Å²) in [7, 11) is 0. The van der Waals surface area contributed by atoms with E-state index in [9.17, 15) is 9.59 Å². The lowest BCUT2D eigenvalue weighted by Gasteiger charge is -2.25. The van der Waals surface area contributed by atoms with Gasteiger partial charge in [0.15, 0.2) is 0 Å². The lowest BCUT2D eigenvalue weighted by molar-refractivity contribution is -0.132. The molecule has 2 heterocycles. The SMILES string of the molecule is O=C(CCc1nc2ccccc2c(=O)[nH]1)N1CCC[C@H]1c1ccccc1. The second-order valence-electron chi connectivity index (χ2n) is 6.69. The van der Waals surface area contributed by atoms with Crippen LogP contribution in [0.3, 0.4) is 0 Å². The molecule has 1 N–H and O–H groups in total. The van der Waals surface area contributed by atoms with Crippen molar-refractivity contribution in [2.24, 2.45) is 0 Å². The van der Waals surface area contributed by atoms with E-state index in [-0.39, 0.29) is 17.5 Å². The molecule has 132 valence electrons. The molecular formula is C21H21N3O2. The van der Waals surface area contributed by atoms with E-state index in [1.165, 1.54) is 5.56 Å². The minimum absolute atomic E-state index is 0.118. The second-order valence-corrected chi connectivity index (χ2v) is 6.69. The van der Waals surface area contributed by atoms with E-state index in [4.69, 9.17) is 0 Å². The lowest BCUT2D eigenvalue weighted by atomic mass is 10.0. The van der Waals surface area contributed by atoms with Crippen LogP contribution < -0.4 is 5.56 Å². The number of nitrogens with one attached hydrogen (secondary N) is 1. The Kier molecular flexibility index (Phi) is 4.52. The van der Waals surface area contributed by atoms with Crippen molar-refractivity contribution in [1.82, 2.24) is 14.9 Å². The molecule has 2 aromatic carbocycles. The van der Waals surface area contributed by atoms with Gasteiger partial charge in [0.25, 0.3) is 5.56 Å². The fraction of sp³-hybridized carbons (Fsp3) is 0.286. The number of hydrogen-bond acceptors (Lipinski definition) is 3. The van der Waals surface area contributed by atoms with Gasteiger partial charge in [0, 0.05) is 19.4 Å². The molecule has 3 aromatic rings. The number of para-hydroxylation sites is 1. The Labute approximate surface area is 151 Å². The summed E-state index contributed by atoms with van der Waals surface area (Å²) in [4.78, 5) is 34.2. The highest BCUT2D eigenvalue weighted by Crippen LogP contribution is 2.32. The molecule has 0 unspecified atom stereocenters. The molecule has 1 amide bonds. The molecule has 5 nitrogen and oxygen atoms in total. The Morgan fingerprint density at radius 3 is 2.73 bits per heavy atom. The fourth-order valence-electron chi connectivity index (χ4n) is 3.71. The number of aromatic amines is 1. The molecule has 0 radical (unpaired) electrons. The van der Waals surface area contributed by atoms with Gasteiger partial charge in [-0.2, -0.15) is 0 Å².